The summed E-state index contributed by atoms with van der Waals surface area (Å²) >= 11 is 5.55. The minimum Gasteiger partial charge on any atom is -0.299 e. The normalized spacial score (nSPS) is 14.3. The fraction of sp³-hybridized carbons (Fsp3) is 0.231. The van der Waals surface area contributed by atoms with E-state index in [9.17, 15) is 0 Å². The number of hydrogen-bond acceptors (Lipinski definition) is 5. The minimum absolute atomic E-state index is 0.705. The highest BCUT2D eigenvalue weighted by molar-refractivity contribution is 7.71. The number of aromatic amines is 1. The monoisotopic (exact) mass is 288 g/mol. The molecule has 0 bridgehead atoms. The number of nitrogens with zero attached hydrogens (tertiary/aromatic N) is 3. The van der Waals surface area contributed by atoms with Gasteiger partial charge in [0.1, 0.15) is 4.64 Å². The van der Waals surface area contributed by atoms with Gasteiger partial charge in [-0.05, 0) is 26.0 Å². The molecular weight excluding hydrogens is 272 g/mol. The van der Waals surface area contributed by atoms with Gasteiger partial charge in [-0.3, -0.25) is 10.1 Å². The van der Waals surface area contributed by atoms with Crippen LogP contribution in [0.15, 0.2) is 35.6 Å². The van der Waals surface area contributed by atoms with Gasteiger partial charge in [0.15, 0.2) is 5.84 Å². The number of amidine groups is 1. The van der Waals surface area contributed by atoms with Gasteiger partial charge in [0, 0.05) is 12.7 Å². The lowest BCUT2D eigenvalue weighted by atomic mass is 10.2. The average molecular weight is 288 g/mol. The van der Waals surface area contributed by atoms with Crippen LogP contribution in [0.5, 0.6) is 0 Å². The topological polar surface area (TPSA) is 60.4 Å². The maximum absolute atomic E-state index is 5.55. The molecule has 1 aliphatic rings. The van der Waals surface area contributed by atoms with Gasteiger partial charge in [0.25, 0.3) is 0 Å². The summed E-state index contributed by atoms with van der Waals surface area (Å²) in [4.78, 5) is 0. The Labute approximate surface area is 122 Å². The van der Waals surface area contributed by atoms with Crippen molar-refractivity contribution in [1.29, 1.82) is 0 Å². The highest BCUT2D eigenvalue weighted by Crippen LogP contribution is 2.14. The van der Waals surface area contributed by atoms with E-state index in [0.29, 0.717) is 4.64 Å². The Morgan fingerprint density at radius 2 is 2.00 bits per heavy atom. The summed E-state index contributed by atoms with van der Waals surface area (Å²) < 4.78 is 2.58. The van der Waals surface area contributed by atoms with Crippen LogP contribution in [0.1, 0.15) is 18.1 Å². The molecule has 0 saturated heterocycles. The number of benzene rings is 1. The number of nitrogens with one attached hydrogen (secondary N) is 3. The summed E-state index contributed by atoms with van der Waals surface area (Å²) in [6.45, 7) is 4.89. The van der Waals surface area contributed by atoms with Crippen LogP contribution in [0.2, 0.25) is 0 Å². The van der Waals surface area contributed by atoms with Crippen molar-refractivity contribution >= 4 is 18.1 Å². The molecule has 0 spiro atoms. The Morgan fingerprint density at radius 1 is 1.25 bits per heavy atom. The molecule has 3 N–H and O–H groups in total. The molecule has 6 nitrogen and oxygen atoms in total. The number of hydrazone groups is 1. The first-order valence-corrected chi connectivity index (χ1v) is 6.85. The molecule has 7 heteroatoms. The highest BCUT2D eigenvalue weighted by Gasteiger charge is 2.20. The summed E-state index contributed by atoms with van der Waals surface area (Å²) in [6.07, 6.45) is 1.87. The molecule has 0 fully saturated rings. The number of rotatable bonds is 3. The molecule has 0 amide bonds. The van der Waals surface area contributed by atoms with Crippen molar-refractivity contribution in [2.24, 2.45) is 5.10 Å². The van der Waals surface area contributed by atoms with Gasteiger partial charge >= 0.3 is 0 Å². The Balaban J connectivity index is 2.01. The lowest BCUT2D eigenvalue weighted by Crippen LogP contribution is -2.40. The predicted molar refractivity (Wildman–Crippen MR) is 80.9 cm³/mol. The predicted octanol–water partition coefficient (Wildman–Crippen LogP) is 1.85. The van der Waals surface area contributed by atoms with Gasteiger partial charge in [-0.25, -0.2) is 10.2 Å². The lowest BCUT2D eigenvalue weighted by Gasteiger charge is -2.14. The molecule has 1 aromatic carbocycles. The van der Waals surface area contributed by atoms with Gasteiger partial charge in [0.05, 0.1) is 11.3 Å². The number of aryl methyl sites for hydroxylation is 1. The third-order valence-electron chi connectivity index (χ3n) is 3.22. The zero-order valence-electron chi connectivity index (χ0n) is 11.3. The maximum atomic E-state index is 5.55. The molecule has 2 heterocycles. The number of aromatic nitrogens is 2. The summed E-state index contributed by atoms with van der Waals surface area (Å²) in [5.41, 5.74) is 8.82. The second-order valence-electron chi connectivity index (χ2n) is 4.57. The van der Waals surface area contributed by atoms with Crippen LogP contribution in [-0.4, -0.2) is 27.2 Å². The van der Waals surface area contributed by atoms with Crippen LogP contribution >= 0.6 is 12.2 Å². The van der Waals surface area contributed by atoms with E-state index in [0.717, 1.165) is 23.6 Å². The zero-order chi connectivity index (χ0) is 14.1. The summed E-state index contributed by atoms with van der Waals surface area (Å²) in [5.74, 6) is 0.791. The molecule has 104 valence electrons. The van der Waals surface area contributed by atoms with Crippen LogP contribution in [0.4, 0.5) is 0 Å². The molecule has 0 saturated carbocycles. The Hall–Kier alpha value is -2.12. The van der Waals surface area contributed by atoms with E-state index in [2.05, 4.69) is 40.3 Å². The summed E-state index contributed by atoms with van der Waals surface area (Å²) in [7, 11) is 0. The third-order valence-corrected chi connectivity index (χ3v) is 3.63. The van der Waals surface area contributed by atoms with E-state index in [1.807, 2.05) is 34.9 Å². The van der Waals surface area contributed by atoms with Gasteiger partial charge in [-0.1, -0.05) is 29.9 Å². The van der Waals surface area contributed by atoms with Crippen LogP contribution < -0.4 is 11.1 Å². The van der Waals surface area contributed by atoms with Crippen molar-refractivity contribution in [3.63, 3.8) is 0 Å². The molecular formula is C13H16N6S. The van der Waals surface area contributed by atoms with E-state index >= 15 is 0 Å². The summed E-state index contributed by atoms with van der Waals surface area (Å²) in [5, 5.41) is 9.30. The average Bonchev–Trinajstić information content (AvgIpc) is 3.06. The molecule has 0 aliphatic carbocycles. The second-order valence-corrected chi connectivity index (χ2v) is 4.95. The van der Waals surface area contributed by atoms with Crippen LogP contribution in [0.3, 0.4) is 0 Å². The fourth-order valence-electron chi connectivity index (χ4n) is 2.10. The molecule has 2 aromatic rings. The molecule has 0 unspecified atom stereocenters. The quantitative estimate of drug-likeness (QED) is 0.754. The third kappa shape index (κ3) is 2.10. The zero-order valence-corrected chi connectivity index (χ0v) is 12.2. The first-order chi connectivity index (χ1) is 9.70. The van der Waals surface area contributed by atoms with Crippen molar-refractivity contribution in [1.82, 2.24) is 25.9 Å². The highest BCUT2D eigenvalue weighted by atomic mass is 32.1. The number of hydrazine groups is 2. The van der Waals surface area contributed by atoms with E-state index in [1.54, 1.807) is 0 Å². The van der Waals surface area contributed by atoms with Crippen molar-refractivity contribution in [3.8, 4) is 5.69 Å². The van der Waals surface area contributed by atoms with Gasteiger partial charge in [-0.15, -0.1) is 10.6 Å². The van der Waals surface area contributed by atoms with Gasteiger partial charge in [0.2, 0.25) is 0 Å². The van der Waals surface area contributed by atoms with E-state index < -0.39 is 0 Å². The Bertz CT molecular complexity index is 696. The fourth-order valence-corrected chi connectivity index (χ4v) is 2.41. The minimum atomic E-state index is 0.705. The van der Waals surface area contributed by atoms with Crippen LogP contribution in [0, 0.1) is 11.6 Å². The van der Waals surface area contributed by atoms with Crippen molar-refractivity contribution in [3.05, 3.63) is 46.2 Å². The van der Waals surface area contributed by atoms with E-state index in [4.69, 9.17) is 12.2 Å². The molecule has 0 radical (unpaired) electrons. The molecule has 3 rings (SSSR count). The smallest absolute Gasteiger partial charge is 0.177 e. The SMILES string of the molecule is CCN1NNN=C1c1c[nH]n(-c2ccc(C)cc2)c1=S. The lowest BCUT2D eigenvalue weighted by molar-refractivity contribution is 0.308. The van der Waals surface area contributed by atoms with Crippen LogP contribution in [-0.2, 0) is 0 Å². The molecule has 20 heavy (non-hydrogen) atoms. The second kappa shape index (κ2) is 5.10. The van der Waals surface area contributed by atoms with Gasteiger partial charge < -0.3 is 0 Å². The number of H-pyrrole nitrogens is 1. The Kier molecular flexibility index (Phi) is 3.29. The van der Waals surface area contributed by atoms with E-state index in [-0.39, 0.29) is 0 Å². The van der Waals surface area contributed by atoms with Gasteiger partial charge in [-0.2, -0.15) is 0 Å². The maximum Gasteiger partial charge on any atom is 0.177 e. The Morgan fingerprint density at radius 3 is 2.70 bits per heavy atom. The standard InChI is InChI=1S/C13H16N6S/c1-3-18-12(15-16-17-18)11-8-14-19(13(11)20)10-6-4-9(2)5-7-10/h4-8,14,16-17H,3H2,1-2H3. The largest absolute Gasteiger partial charge is 0.299 e. The summed E-state index contributed by atoms with van der Waals surface area (Å²) in [6, 6.07) is 8.20. The first kappa shape index (κ1) is 12.9. The van der Waals surface area contributed by atoms with Crippen molar-refractivity contribution in [2.45, 2.75) is 13.8 Å². The first-order valence-electron chi connectivity index (χ1n) is 6.44. The number of hydrogen-bond donors (Lipinski definition) is 3. The van der Waals surface area contributed by atoms with Crippen molar-refractivity contribution in [2.75, 3.05) is 6.54 Å². The molecule has 1 aliphatic heterocycles. The molecule has 0 atom stereocenters. The van der Waals surface area contributed by atoms with Crippen molar-refractivity contribution < 1.29 is 0 Å². The van der Waals surface area contributed by atoms with E-state index in [1.165, 1.54) is 5.56 Å². The molecule has 1 aromatic heterocycles. The van der Waals surface area contributed by atoms with Crippen LogP contribution in [0.25, 0.3) is 5.69 Å².